The molecule has 248 valence electrons. The van der Waals surface area contributed by atoms with Gasteiger partial charge in [-0.15, -0.1) is 0 Å². The van der Waals surface area contributed by atoms with E-state index in [1.54, 1.807) is 13.8 Å². The Morgan fingerprint density at radius 1 is 0.771 bits per heavy atom. The van der Waals surface area contributed by atoms with E-state index < -0.39 is 35.7 Å². The van der Waals surface area contributed by atoms with Gasteiger partial charge in [0.15, 0.2) is 5.78 Å². The molecule has 0 radical (unpaired) electrons. The largest absolute Gasteiger partial charge is 0.466 e. The van der Waals surface area contributed by atoms with Crippen LogP contribution in [-0.4, -0.2) is 53.8 Å². The summed E-state index contributed by atoms with van der Waals surface area (Å²) in [6.45, 7) is 11.5. The van der Waals surface area contributed by atoms with Crippen LogP contribution in [0, 0.1) is 18.8 Å². The predicted molar refractivity (Wildman–Crippen MR) is 186 cm³/mol. The Morgan fingerprint density at radius 2 is 1.35 bits per heavy atom. The van der Waals surface area contributed by atoms with Crippen molar-refractivity contribution in [2.45, 2.75) is 46.6 Å². The van der Waals surface area contributed by atoms with Gasteiger partial charge in [-0.05, 0) is 75.6 Å². The highest BCUT2D eigenvalue weighted by Gasteiger charge is 2.55. The van der Waals surface area contributed by atoms with Crippen molar-refractivity contribution in [3.8, 4) is 5.69 Å². The summed E-state index contributed by atoms with van der Waals surface area (Å²) in [6.07, 6.45) is 0. The summed E-state index contributed by atoms with van der Waals surface area (Å²) < 4.78 is 13.2. The molecule has 1 aliphatic heterocycles. The molecule has 3 aromatic carbocycles. The second-order valence-corrected chi connectivity index (χ2v) is 12.0. The van der Waals surface area contributed by atoms with Crippen molar-refractivity contribution in [3.63, 3.8) is 0 Å². The monoisotopic (exact) mass is 646 g/mol. The molecule has 2 heterocycles. The average molecular weight is 647 g/mol. The zero-order chi connectivity index (χ0) is 33.9. The van der Waals surface area contributed by atoms with E-state index in [0.29, 0.717) is 33.8 Å². The third-order valence-electron chi connectivity index (χ3n) is 9.39. The highest BCUT2D eigenvalue weighted by Crippen LogP contribution is 2.55. The SMILES string of the molecule is CCOC(=O)[C@@H]1C(=O)C2=C(c3c(C)nn(-c4ccccc4)c3N[C@@H]2c2ccc(N(CC)CC)cc2)[C@H](C(=O)OCC)[C@H]1c1ccccc1. The first-order chi connectivity index (χ1) is 23.3. The number of carbonyl (C=O) groups excluding carboxylic acids is 3. The van der Waals surface area contributed by atoms with Gasteiger partial charge in [0.1, 0.15) is 11.7 Å². The number of nitrogens with zero attached hydrogens (tertiary/aromatic N) is 3. The van der Waals surface area contributed by atoms with Crippen molar-refractivity contribution in [1.82, 2.24) is 9.78 Å². The second kappa shape index (κ2) is 13.9. The van der Waals surface area contributed by atoms with E-state index in [1.807, 2.05) is 96.5 Å². The number of ketones is 1. The molecule has 0 bridgehead atoms. The van der Waals surface area contributed by atoms with Crippen LogP contribution in [0.5, 0.6) is 0 Å². The van der Waals surface area contributed by atoms with E-state index in [2.05, 4.69) is 24.1 Å². The quantitative estimate of drug-likeness (QED) is 0.151. The van der Waals surface area contributed by atoms with Crippen LogP contribution in [0.25, 0.3) is 11.3 Å². The molecule has 0 saturated heterocycles. The first-order valence-corrected chi connectivity index (χ1v) is 16.8. The summed E-state index contributed by atoms with van der Waals surface area (Å²) in [5.74, 6) is -3.97. The number of hydrogen-bond donors (Lipinski definition) is 1. The average Bonchev–Trinajstić information content (AvgIpc) is 3.45. The molecule has 0 fully saturated rings. The highest BCUT2D eigenvalue weighted by atomic mass is 16.5. The fourth-order valence-electron chi connectivity index (χ4n) is 7.30. The van der Waals surface area contributed by atoms with E-state index in [1.165, 1.54) is 0 Å². The molecule has 9 nitrogen and oxygen atoms in total. The van der Waals surface area contributed by atoms with Gasteiger partial charge in [-0.1, -0.05) is 60.7 Å². The third-order valence-corrected chi connectivity index (χ3v) is 9.39. The smallest absolute Gasteiger partial charge is 0.317 e. The Bertz CT molecular complexity index is 1830. The number of Topliss-reactive ketones (excluding diaryl/α,β-unsaturated/α-hetero) is 1. The van der Waals surface area contributed by atoms with Crippen LogP contribution in [-0.2, 0) is 23.9 Å². The minimum atomic E-state index is -1.26. The van der Waals surface area contributed by atoms with Crippen molar-refractivity contribution < 1.29 is 23.9 Å². The lowest BCUT2D eigenvalue weighted by Gasteiger charge is -2.42. The minimum Gasteiger partial charge on any atom is -0.466 e. The van der Waals surface area contributed by atoms with Gasteiger partial charge in [-0.3, -0.25) is 14.4 Å². The Morgan fingerprint density at radius 3 is 1.94 bits per heavy atom. The maximum absolute atomic E-state index is 15.0. The molecule has 48 heavy (non-hydrogen) atoms. The molecule has 4 aromatic rings. The molecular weight excluding hydrogens is 604 g/mol. The van der Waals surface area contributed by atoms with Crippen molar-refractivity contribution in [2.24, 2.45) is 11.8 Å². The molecule has 2 aliphatic rings. The van der Waals surface area contributed by atoms with Crippen molar-refractivity contribution in [2.75, 3.05) is 36.5 Å². The number of fused-ring (bicyclic) bond motifs is 2. The van der Waals surface area contributed by atoms with E-state index in [0.717, 1.165) is 30.0 Å². The van der Waals surface area contributed by atoms with Crippen LogP contribution in [0.4, 0.5) is 11.5 Å². The minimum absolute atomic E-state index is 0.0989. The predicted octanol–water partition coefficient (Wildman–Crippen LogP) is 6.67. The zero-order valence-corrected chi connectivity index (χ0v) is 28.1. The number of hydrogen-bond acceptors (Lipinski definition) is 8. The van der Waals surface area contributed by atoms with Crippen molar-refractivity contribution in [1.29, 1.82) is 0 Å². The number of aryl methyl sites for hydroxylation is 1. The van der Waals surface area contributed by atoms with Crippen LogP contribution < -0.4 is 10.2 Å². The van der Waals surface area contributed by atoms with E-state index in [9.17, 15) is 9.59 Å². The van der Waals surface area contributed by atoms with Gasteiger partial charge >= 0.3 is 11.9 Å². The van der Waals surface area contributed by atoms with Gasteiger partial charge in [-0.25, -0.2) is 4.68 Å². The maximum atomic E-state index is 15.0. The Balaban J connectivity index is 1.66. The number of para-hydroxylation sites is 1. The molecule has 4 atom stereocenters. The summed E-state index contributed by atoms with van der Waals surface area (Å²) in [4.78, 5) is 45.5. The second-order valence-electron chi connectivity index (χ2n) is 12.0. The Kier molecular flexibility index (Phi) is 9.48. The van der Waals surface area contributed by atoms with Gasteiger partial charge in [-0.2, -0.15) is 5.10 Å². The summed E-state index contributed by atoms with van der Waals surface area (Å²) in [5, 5.41) is 8.59. The number of esters is 2. The fraction of sp³-hybridized carbons (Fsp3) is 0.333. The van der Waals surface area contributed by atoms with Crippen LogP contribution in [0.15, 0.2) is 90.5 Å². The molecule has 0 amide bonds. The molecule has 0 saturated carbocycles. The van der Waals surface area contributed by atoms with Gasteiger partial charge < -0.3 is 19.7 Å². The normalized spacial score (nSPS) is 20.0. The summed E-state index contributed by atoms with van der Waals surface area (Å²) in [5.41, 5.74) is 5.60. The van der Waals surface area contributed by atoms with E-state index in [-0.39, 0.29) is 19.0 Å². The summed E-state index contributed by atoms with van der Waals surface area (Å²) in [7, 11) is 0. The zero-order valence-electron chi connectivity index (χ0n) is 28.1. The number of aromatic nitrogens is 2. The van der Waals surface area contributed by atoms with E-state index in [4.69, 9.17) is 14.6 Å². The first-order valence-electron chi connectivity index (χ1n) is 16.8. The number of nitrogens with one attached hydrogen (secondary N) is 1. The Labute approximate surface area is 281 Å². The molecule has 0 unspecified atom stereocenters. The molecule has 1 aromatic heterocycles. The van der Waals surface area contributed by atoms with Crippen molar-refractivity contribution >= 4 is 34.8 Å². The number of carbonyl (C=O) groups is 3. The lowest BCUT2D eigenvalue weighted by atomic mass is 9.61. The maximum Gasteiger partial charge on any atom is 0.317 e. The number of anilines is 2. The Hall–Kier alpha value is -5.18. The third kappa shape index (κ3) is 5.67. The molecule has 1 aliphatic carbocycles. The fourth-order valence-corrected chi connectivity index (χ4v) is 7.30. The summed E-state index contributed by atoms with van der Waals surface area (Å²) in [6, 6.07) is 26.4. The number of rotatable bonds is 10. The van der Waals surface area contributed by atoms with Gasteiger partial charge in [0.2, 0.25) is 0 Å². The topological polar surface area (TPSA) is 103 Å². The van der Waals surface area contributed by atoms with Crippen LogP contribution in [0.3, 0.4) is 0 Å². The first kappa shape index (κ1) is 32.7. The van der Waals surface area contributed by atoms with Gasteiger partial charge in [0, 0.05) is 35.8 Å². The number of benzene rings is 3. The van der Waals surface area contributed by atoms with Crippen LogP contribution >= 0.6 is 0 Å². The molecular formula is C39H42N4O5. The molecule has 6 rings (SSSR count). The van der Waals surface area contributed by atoms with Gasteiger partial charge in [0.05, 0.1) is 36.6 Å². The van der Waals surface area contributed by atoms with E-state index >= 15 is 4.79 Å². The van der Waals surface area contributed by atoms with Gasteiger partial charge in [0.25, 0.3) is 0 Å². The lowest BCUT2D eigenvalue weighted by molar-refractivity contribution is -0.154. The molecule has 0 spiro atoms. The lowest BCUT2D eigenvalue weighted by Crippen LogP contribution is -2.46. The molecule has 9 heteroatoms. The standard InChI is InChI=1S/C39H42N4O5/c1-6-42(7-2)27-22-20-26(21-23-27)35-33-31(29-24(5)41-43(37(29)40-35)28-18-14-11-15-19-28)32(38(45)47-8-3)30(25-16-12-10-13-17-25)34(36(33)44)39(46)48-9-4/h10-23,30,32,34-35,40H,6-9H2,1-5H3/t30-,32-,34+,35-/m1/s1. The van der Waals surface area contributed by atoms with Crippen LogP contribution in [0.1, 0.15) is 62.0 Å². The summed E-state index contributed by atoms with van der Waals surface area (Å²) >= 11 is 0. The van der Waals surface area contributed by atoms with Crippen LogP contribution in [0.2, 0.25) is 0 Å². The molecule has 1 N–H and O–H groups in total. The van der Waals surface area contributed by atoms with Crippen molar-refractivity contribution in [3.05, 3.63) is 113 Å². The number of ether oxygens (including phenoxy) is 2. The highest BCUT2D eigenvalue weighted by molar-refractivity contribution is 6.19.